The maximum absolute atomic E-state index is 11.2. The molecule has 9 rings (SSSR count). The number of halogens is 6. The van der Waals surface area contributed by atoms with Gasteiger partial charge in [0.2, 0.25) is 0 Å². The van der Waals surface area contributed by atoms with E-state index in [1.54, 1.807) is 0 Å². The Balaban J connectivity index is 0.000000552. The molecule has 0 saturated heterocycles. The molecule has 7 aromatic rings. The third kappa shape index (κ3) is 8.92. The summed E-state index contributed by atoms with van der Waals surface area (Å²) < 4.78 is 59.6. The van der Waals surface area contributed by atoms with E-state index in [2.05, 4.69) is 146 Å². The van der Waals surface area contributed by atoms with Crippen molar-refractivity contribution in [2.24, 2.45) is 0 Å². The van der Waals surface area contributed by atoms with Crippen LogP contribution in [0.2, 0.25) is 0 Å². The predicted octanol–water partition coefficient (Wildman–Crippen LogP) is 12.7. The van der Waals surface area contributed by atoms with E-state index >= 15 is 0 Å². The second-order valence-electron chi connectivity index (χ2n) is 12.8. The minimum absolute atomic E-state index is 0. The molecule has 5 heterocycles. The van der Waals surface area contributed by atoms with Gasteiger partial charge in [0.1, 0.15) is 0 Å². The Morgan fingerprint density at radius 1 is 0.321 bits per heavy atom. The molecule has 8 bridgehead atoms. The van der Waals surface area contributed by atoms with Crippen molar-refractivity contribution >= 4 is 65.8 Å². The minimum Gasteiger partial charge on any atom is 3.00 e. The summed E-state index contributed by atoms with van der Waals surface area (Å²) in [7, 11) is 0. The van der Waals surface area contributed by atoms with E-state index in [4.69, 9.17) is 19.9 Å². The maximum Gasteiger partial charge on any atom is 3.00 e. The van der Waals surface area contributed by atoms with Gasteiger partial charge in [-0.05, 0) is 68.8 Å². The number of nitrogens with zero attached hydrogens (tertiary/aromatic N) is 4. The molecular weight excluding hydrogens is 875 g/mol. The molecule has 0 fully saturated rings. The Morgan fingerprint density at radius 3 is 0.714 bits per heavy atom. The molecule has 0 spiro atoms. The van der Waals surface area contributed by atoms with Crippen LogP contribution in [0.15, 0.2) is 146 Å². The third-order valence-corrected chi connectivity index (χ3v) is 8.86. The van der Waals surface area contributed by atoms with Crippen molar-refractivity contribution in [2.75, 3.05) is 0 Å². The maximum atomic E-state index is 9.93. The van der Waals surface area contributed by atoms with Gasteiger partial charge >= 0.3 is 53.4 Å². The molecule has 0 amide bonds. The van der Waals surface area contributed by atoms with Gasteiger partial charge in [-0.2, -0.15) is 0 Å². The number of hydrogen-bond acceptors (Lipinski definition) is 2. The van der Waals surface area contributed by atoms with Gasteiger partial charge in [0.25, 0.3) is 0 Å². The summed E-state index contributed by atoms with van der Waals surface area (Å²) in [6.45, 7) is 0. The number of rotatable bonds is 4. The summed E-state index contributed by atoms with van der Waals surface area (Å²) in [6, 6.07) is 50.0. The molecule has 2 aliphatic heterocycles. The zero-order valence-electron chi connectivity index (χ0n) is 29.0. The molecule has 3 aromatic heterocycles. The van der Waals surface area contributed by atoms with Gasteiger partial charge in [-0.3, -0.25) is 0 Å². The molecule has 12 heteroatoms. The molecule has 2 aliphatic rings. The zero-order valence-corrected chi connectivity index (χ0v) is 32.8. The monoisotopic (exact) mass is 902 g/mol. The first-order valence-electron chi connectivity index (χ1n) is 17.1. The molecule has 0 unspecified atom stereocenters. The van der Waals surface area contributed by atoms with Crippen LogP contribution in [-0.4, -0.2) is 29.4 Å². The Labute approximate surface area is 330 Å². The average molecular weight is 903 g/mol. The fourth-order valence-electron chi connectivity index (χ4n) is 6.69. The third-order valence-electron chi connectivity index (χ3n) is 8.86. The summed E-state index contributed by atoms with van der Waals surface area (Å²) in [4.78, 5) is 21.2. The summed E-state index contributed by atoms with van der Waals surface area (Å²) in [5, 5.41) is 0. The second kappa shape index (κ2) is 14.5. The molecule has 0 N–H and O–H groups in total. The molecule has 0 atom stereocenters. The van der Waals surface area contributed by atoms with Gasteiger partial charge < -0.3 is 9.97 Å². The SMILES string of the molecule is C1=Cc2nc1c(-c1ccccc1)c1ccc([n-]1)c(-c1ccccc1)c1nc(c(-c3ccccc3)c3ccc([n-]3)c2-c2ccccc2)C=C1.[F][Sb-]([F])([F])([F])([F])[F].[Mn+3]. The van der Waals surface area contributed by atoms with Gasteiger partial charge in [0, 0.05) is 0 Å². The number of fused-ring (bicyclic) bond motifs is 8. The van der Waals surface area contributed by atoms with Crippen LogP contribution in [0.5, 0.6) is 0 Å². The molecule has 0 radical (unpaired) electrons. The van der Waals surface area contributed by atoms with Crippen molar-refractivity contribution in [3.63, 3.8) is 0 Å². The van der Waals surface area contributed by atoms with Gasteiger partial charge in [-0.15, -0.1) is 22.1 Å². The Morgan fingerprint density at radius 2 is 0.518 bits per heavy atom. The van der Waals surface area contributed by atoms with E-state index in [0.717, 1.165) is 89.4 Å². The van der Waals surface area contributed by atoms with Crippen molar-refractivity contribution in [3.05, 3.63) is 168 Å². The zero-order chi connectivity index (χ0) is 38.3. The average Bonchev–Trinajstić information content (AvgIpc) is 4.00. The summed E-state index contributed by atoms with van der Waals surface area (Å²) in [5.74, 6) is 0. The molecule has 0 aliphatic carbocycles. The molecule has 4 nitrogen and oxygen atoms in total. The molecular formula is C44H28F6MnN4Sb. The smallest absolute Gasteiger partial charge is 3.00 e. The van der Waals surface area contributed by atoms with Crippen LogP contribution in [0.1, 0.15) is 22.8 Å². The Kier molecular flexibility index (Phi) is 10.00. The molecule has 56 heavy (non-hydrogen) atoms. The number of benzene rings is 4. The fourth-order valence-corrected chi connectivity index (χ4v) is 6.69. The van der Waals surface area contributed by atoms with E-state index in [9.17, 15) is 16.9 Å². The first-order valence-corrected chi connectivity index (χ1v) is 22.9. The van der Waals surface area contributed by atoms with E-state index in [-0.39, 0.29) is 17.1 Å². The van der Waals surface area contributed by atoms with Crippen LogP contribution in [-0.2, 0) is 17.1 Å². The van der Waals surface area contributed by atoms with Crippen LogP contribution in [0, 0.1) is 0 Å². The van der Waals surface area contributed by atoms with Gasteiger partial charge in [-0.1, -0.05) is 146 Å². The van der Waals surface area contributed by atoms with Crippen molar-refractivity contribution in [1.82, 2.24) is 19.9 Å². The molecule has 0 saturated carbocycles. The minimum atomic E-state index is -11.2. The number of aromatic nitrogens is 4. The fraction of sp³-hybridized carbons (Fsp3) is 0. The van der Waals surface area contributed by atoms with Gasteiger partial charge in [-0.25, -0.2) is 9.97 Å². The second-order valence-corrected chi connectivity index (χ2v) is 18.3. The van der Waals surface area contributed by atoms with Crippen molar-refractivity contribution < 1.29 is 33.9 Å². The largest absolute Gasteiger partial charge is 3.00 e. The van der Waals surface area contributed by atoms with Crippen LogP contribution in [0.25, 0.3) is 90.9 Å². The first-order chi connectivity index (χ1) is 26.2. The van der Waals surface area contributed by atoms with Crippen LogP contribution in [0.4, 0.5) is 16.9 Å². The quantitative estimate of drug-likeness (QED) is 0.130. The van der Waals surface area contributed by atoms with E-state index in [0.29, 0.717) is 0 Å². The summed E-state index contributed by atoms with van der Waals surface area (Å²) in [5.41, 5.74) is 15.0. The van der Waals surface area contributed by atoms with Crippen molar-refractivity contribution in [2.45, 2.75) is 0 Å². The standard InChI is InChI=1S/C44H28N4.6FH.Mn.Sb/c1-5-13-29(14-6-1)41-33-21-23-35(45-33)42(30-15-7-2-8-16-30)37-25-27-39(47-37)44(32-19-11-4-12-20-32)40-28-26-38(48-40)43(31-17-9-3-10-18-31)36-24-22-34(41)46-36;;;;;;;;/h1-28H;6*1H;;/q-2;;;;;;;+3;+5/p-6. The van der Waals surface area contributed by atoms with E-state index in [1.807, 2.05) is 24.3 Å². The summed E-state index contributed by atoms with van der Waals surface area (Å²) in [6.07, 6.45) is 8.41. The topological polar surface area (TPSA) is 54.0 Å². The Bertz CT molecular complexity index is 2430. The first kappa shape index (κ1) is 38.7. The van der Waals surface area contributed by atoms with Crippen molar-refractivity contribution in [3.8, 4) is 44.5 Å². The normalized spacial score (nSPS) is 13.2. The Hall–Kier alpha value is -5.60. The predicted molar refractivity (Wildman–Crippen MR) is 211 cm³/mol. The van der Waals surface area contributed by atoms with Crippen LogP contribution < -0.4 is 9.97 Å². The summed E-state index contributed by atoms with van der Waals surface area (Å²) >= 11 is -11.2. The van der Waals surface area contributed by atoms with Gasteiger partial charge in [0.15, 0.2) is 0 Å². The molecule has 278 valence electrons. The van der Waals surface area contributed by atoms with Crippen LogP contribution in [0.3, 0.4) is 0 Å². The van der Waals surface area contributed by atoms with E-state index in [1.165, 1.54) is 0 Å². The van der Waals surface area contributed by atoms with Gasteiger partial charge in [0.05, 0.1) is 22.8 Å². The van der Waals surface area contributed by atoms with E-state index < -0.39 is 19.5 Å². The molecule has 4 aromatic carbocycles. The van der Waals surface area contributed by atoms with Crippen LogP contribution >= 0.6 is 0 Å². The van der Waals surface area contributed by atoms with Crippen molar-refractivity contribution in [1.29, 1.82) is 0 Å². The number of hydrogen-bond donors (Lipinski definition) is 0.